The van der Waals surface area contributed by atoms with Crippen LogP contribution in [0.4, 0.5) is 0 Å². The van der Waals surface area contributed by atoms with Gasteiger partial charge in [-0.05, 0) is 0 Å². The van der Waals surface area contributed by atoms with Crippen LogP contribution in [0.25, 0.3) is 0 Å². The van der Waals surface area contributed by atoms with Crippen molar-refractivity contribution < 1.29 is 70.9 Å². The van der Waals surface area contributed by atoms with Crippen LogP contribution in [0.3, 0.4) is 0 Å². The van der Waals surface area contributed by atoms with Gasteiger partial charge in [-0.25, -0.2) is 8.42 Å². The summed E-state index contributed by atoms with van der Waals surface area (Å²) in [7, 11) is -10.3. The second-order valence-corrected chi connectivity index (χ2v) is 2.62. The summed E-state index contributed by atoms with van der Waals surface area (Å²) in [6.07, 6.45) is 0. The molecule has 0 aromatic rings. The predicted molar refractivity (Wildman–Crippen MR) is 19.9 cm³/mol. The maximum atomic E-state index is 8.63. The summed E-state index contributed by atoms with van der Waals surface area (Å²) in [5.41, 5.74) is 0. The van der Waals surface area contributed by atoms with Crippen LogP contribution in [-0.4, -0.2) is 17.5 Å². The largest absolute Gasteiger partial charge is 2.00 e. The van der Waals surface area contributed by atoms with Crippen molar-refractivity contribution in [2.45, 2.75) is 0 Å². The van der Waals surface area contributed by atoms with E-state index in [0.29, 0.717) is 0 Å². The quantitative estimate of drug-likeness (QED) is 0.206. The first kappa shape index (κ1) is 23.1. The van der Waals surface area contributed by atoms with Gasteiger partial charge in [0.15, 0.2) is 0 Å². The van der Waals surface area contributed by atoms with Gasteiger partial charge in [0, 0.05) is 0 Å². The molecule has 0 aliphatic heterocycles. The first-order valence-corrected chi connectivity index (χ1v) is 4.24. The second-order valence-electron chi connectivity index (χ2n) is 0.875. The van der Waals surface area contributed by atoms with Gasteiger partial charge >= 0.3 is 34.1 Å². The normalized spacial score (nSPS) is 9.75. The summed E-state index contributed by atoms with van der Waals surface area (Å²) < 4.78 is 41.4. The number of rotatable bonds is 0. The minimum Gasteiger partial charge on any atom is -0.822 e. The summed E-state index contributed by atoms with van der Waals surface area (Å²) in [6, 6.07) is 0. The van der Waals surface area contributed by atoms with Crippen molar-refractivity contribution in [3.63, 3.8) is 0 Å². The molecule has 0 rings (SSSR count). The summed E-state index contributed by atoms with van der Waals surface area (Å²) in [5, 5.41) is 0. The third-order valence-electron chi connectivity index (χ3n) is 0. The van der Waals surface area contributed by atoms with E-state index in [4.69, 9.17) is 36.8 Å². The van der Waals surface area contributed by atoms with Crippen LogP contribution in [0.2, 0.25) is 0 Å². The maximum absolute atomic E-state index is 8.63. The van der Waals surface area contributed by atoms with E-state index in [2.05, 4.69) is 0 Å². The van der Waals surface area contributed by atoms with E-state index in [-0.39, 0.29) is 34.1 Å². The van der Waals surface area contributed by atoms with Crippen LogP contribution in [0.15, 0.2) is 0 Å². The summed E-state index contributed by atoms with van der Waals surface area (Å²) in [4.78, 5) is 25.6. The molecule has 76 valence electrons. The molecular formula is HFe2O8PS. The van der Waals surface area contributed by atoms with Crippen LogP contribution in [-0.2, 0) is 49.1 Å². The molecular weight excluding hydrogens is 303 g/mol. The summed E-state index contributed by atoms with van der Waals surface area (Å²) in [5.74, 6) is 0. The van der Waals surface area contributed by atoms with Gasteiger partial charge in [0.25, 0.3) is 0 Å². The molecule has 0 bridgehead atoms. The molecule has 8 nitrogen and oxygen atoms in total. The van der Waals surface area contributed by atoms with Gasteiger partial charge in [-0.1, -0.05) is 0 Å². The number of hydrogen-bond acceptors (Lipinski definition) is 7. The van der Waals surface area contributed by atoms with Crippen molar-refractivity contribution in [1.82, 2.24) is 0 Å². The minimum absolute atomic E-state index is 0. The monoisotopic (exact) mass is 304 g/mol. The molecule has 0 saturated heterocycles. The Morgan fingerprint density at radius 1 is 1.08 bits per heavy atom. The van der Waals surface area contributed by atoms with Crippen molar-refractivity contribution >= 4 is 18.2 Å². The average molecular weight is 304 g/mol. The molecule has 0 radical (unpaired) electrons. The molecule has 0 fully saturated rings. The first-order chi connectivity index (χ1) is 4.00. The summed E-state index contributed by atoms with van der Waals surface area (Å²) >= 11 is 0. The third-order valence-corrected chi connectivity index (χ3v) is 0. The third kappa shape index (κ3) is 1070. The molecule has 0 aromatic heterocycles. The summed E-state index contributed by atoms with van der Waals surface area (Å²) in [6.45, 7) is 0. The van der Waals surface area contributed by atoms with Crippen molar-refractivity contribution in [3.05, 3.63) is 0 Å². The molecule has 12 heteroatoms. The molecule has 0 aromatic carbocycles. The smallest absolute Gasteiger partial charge is 0.822 e. The molecule has 0 atom stereocenters. The van der Waals surface area contributed by atoms with Crippen molar-refractivity contribution in [2.75, 3.05) is 0 Å². The van der Waals surface area contributed by atoms with E-state index in [1.165, 1.54) is 0 Å². The van der Waals surface area contributed by atoms with Crippen LogP contribution >= 0.6 is 7.82 Å². The standard InChI is InChI=1S/2Fe.H3O4P.H2O4S/c;;2*1-5(2,3)4/h;;(H3,1,2,3,4);(H2,1,2,3,4)/q2*+2;;/p-4. The van der Waals surface area contributed by atoms with Gasteiger partial charge in [0.2, 0.25) is 10.4 Å². The maximum Gasteiger partial charge on any atom is 2.00 e. The molecule has 0 amide bonds. The molecule has 0 heterocycles. The Morgan fingerprint density at radius 2 is 1.08 bits per heavy atom. The van der Waals surface area contributed by atoms with E-state index < -0.39 is 18.2 Å². The fourth-order valence-electron chi connectivity index (χ4n) is 0. The molecule has 0 spiro atoms. The van der Waals surface area contributed by atoms with Crippen molar-refractivity contribution in [3.8, 4) is 0 Å². The fourth-order valence-corrected chi connectivity index (χ4v) is 0. The van der Waals surface area contributed by atoms with Gasteiger partial charge < -0.3 is 23.8 Å². The zero-order valence-corrected chi connectivity index (χ0v) is 8.79. The Labute approximate surface area is 89.1 Å². The molecule has 0 saturated carbocycles. The zero-order valence-electron chi connectivity index (χ0n) is 4.87. The molecule has 12 heavy (non-hydrogen) atoms. The first-order valence-electron chi connectivity index (χ1n) is 1.41. The van der Waals surface area contributed by atoms with Gasteiger partial charge in [-0.15, -0.1) is 0 Å². The van der Waals surface area contributed by atoms with Crippen LogP contribution in [0, 0.1) is 0 Å². The predicted octanol–water partition coefficient (Wildman–Crippen LogP) is -3.83. The SMILES string of the molecule is O=P([O-])([O-])[O-].O=S(=O)([O-])O.[Fe+2].[Fe+2]. The van der Waals surface area contributed by atoms with E-state index in [0.717, 1.165) is 0 Å². The van der Waals surface area contributed by atoms with Crippen LogP contribution in [0.1, 0.15) is 0 Å². The Morgan fingerprint density at radius 3 is 1.08 bits per heavy atom. The Hall–Kier alpha value is 1.02. The van der Waals surface area contributed by atoms with Crippen molar-refractivity contribution in [2.24, 2.45) is 0 Å². The zero-order chi connectivity index (χ0) is 9.00. The van der Waals surface area contributed by atoms with Gasteiger partial charge in [0.1, 0.15) is 0 Å². The Balaban J connectivity index is -0.0000000457. The topological polar surface area (TPSA) is 164 Å². The average Bonchev–Trinajstić information content (AvgIpc) is 1.12. The number of hydrogen-bond donors (Lipinski definition) is 1. The van der Waals surface area contributed by atoms with E-state index in [1.807, 2.05) is 0 Å². The van der Waals surface area contributed by atoms with Gasteiger partial charge in [0.05, 0.1) is 0 Å². The second kappa shape index (κ2) is 8.61. The van der Waals surface area contributed by atoms with Gasteiger partial charge in [-0.2, -0.15) is 7.82 Å². The molecule has 0 aliphatic carbocycles. The molecule has 0 aliphatic rings. The molecule has 0 unspecified atom stereocenters. The number of phosphoric acid groups is 1. The van der Waals surface area contributed by atoms with Crippen molar-refractivity contribution in [1.29, 1.82) is 0 Å². The Bertz CT molecular complexity index is 195. The fraction of sp³-hybridized carbons (Fsp3) is 0. The minimum atomic E-state index is -5.39. The Kier molecular flexibility index (Phi) is 16.6. The van der Waals surface area contributed by atoms with E-state index >= 15 is 0 Å². The molecule has 1 N–H and O–H groups in total. The van der Waals surface area contributed by atoms with Crippen LogP contribution in [0.5, 0.6) is 0 Å². The van der Waals surface area contributed by atoms with E-state index in [1.54, 1.807) is 0 Å². The van der Waals surface area contributed by atoms with E-state index in [9.17, 15) is 0 Å². The van der Waals surface area contributed by atoms with Gasteiger partial charge in [-0.3, -0.25) is 4.55 Å². The van der Waals surface area contributed by atoms with Crippen LogP contribution < -0.4 is 14.7 Å².